The molecule has 0 atom stereocenters. The maximum Gasteiger partial charge on any atom is 0.534 e. The molecule has 0 aromatic heterocycles. The molecule has 0 N–H and O–H groups in total. The van der Waals surface area contributed by atoms with Gasteiger partial charge < -0.3 is 13.7 Å². The SMILES string of the molecule is O=C(OCc1ccccc1)N1CC=C(OS(=O)(=O)C(F)(F)F)CC12COC2. The van der Waals surface area contributed by atoms with Crippen LogP contribution in [0.1, 0.15) is 12.0 Å². The van der Waals surface area contributed by atoms with Gasteiger partial charge in [-0.05, 0) is 11.6 Å². The van der Waals surface area contributed by atoms with Crippen LogP contribution in [0.3, 0.4) is 0 Å². The highest BCUT2D eigenvalue weighted by molar-refractivity contribution is 7.87. The fourth-order valence-corrected chi connectivity index (χ4v) is 3.29. The third-order valence-corrected chi connectivity index (χ3v) is 5.25. The van der Waals surface area contributed by atoms with Crippen LogP contribution in [0.2, 0.25) is 0 Å². The van der Waals surface area contributed by atoms with Crippen molar-refractivity contribution in [2.75, 3.05) is 19.8 Å². The molecule has 2 aliphatic heterocycles. The first-order chi connectivity index (χ1) is 12.6. The van der Waals surface area contributed by atoms with E-state index in [1.807, 2.05) is 6.07 Å². The van der Waals surface area contributed by atoms with Gasteiger partial charge in [-0.3, -0.25) is 4.90 Å². The molecule has 0 unspecified atom stereocenters. The van der Waals surface area contributed by atoms with E-state index in [0.717, 1.165) is 11.6 Å². The highest BCUT2D eigenvalue weighted by Crippen LogP contribution is 2.38. The molecule has 1 aromatic carbocycles. The molecular weight excluding hydrogens is 391 g/mol. The predicted octanol–water partition coefficient (Wildman–Crippen LogP) is 2.55. The van der Waals surface area contributed by atoms with Crippen LogP contribution in [0.15, 0.2) is 42.2 Å². The maximum absolute atomic E-state index is 12.5. The zero-order chi connectivity index (χ0) is 19.7. The molecule has 1 spiro atoms. The summed E-state index contributed by atoms with van der Waals surface area (Å²) in [6.07, 6.45) is 0.232. The first kappa shape index (κ1) is 19.5. The first-order valence-corrected chi connectivity index (χ1v) is 9.30. The van der Waals surface area contributed by atoms with E-state index in [1.165, 1.54) is 4.90 Å². The number of alkyl halides is 3. The number of amides is 1. The van der Waals surface area contributed by atoms with Gasteiger partial charge in [-0.15, -0.1) is 0 Å². The lowest BCUT2D eigenvalue weighted by atomic mass is 9.87. The Morgan fingerprint density at radius 3 is 2.44 bits per heavy atom. The summed E-state index contributed by atoms with van der Waals surface area (Å²) in [5.41, 5.74) is -5.74. The average Bonchev–Trinajstić information content (AvgIpc) is 2.57. The number of ether oxygens (including phenoxy) is 2. The van der Waals surface area contributed by atoms with Crippen LogP contribution in [-0.4, -0.2) is 50.2 Å². The van der Waals surface area contributed by atoms with Gasteiger partial charge in [0, 0.05) is 13.0 Å². The molecule has 2 aliphatic rings. The molecule has 1 fully saturated rings. The molecule has 1 amide bonds. The van der Waals surface area contributed by atoms with Gasteiger partial charge in [0.15, 0.2) is 0 Å². The summed E-state index contributed by atoms with van der Waals surface area (Å²) in [5, 5.41) is 0. The highest BCUT2D eigenvalue weighted by Gasteiger charge is 2.53. The predicted molar refractivity (Wildman–Crippen MR) is 85.6 cm³/mol. The third-order valence-electron chi connectivity index (χ3n) is 4.24. The smallest absolute Gasteiger partial charge is 0.445 e. The van der Waals surface area contributed by atoms with Crippen LogP contribution in [-0.2, 0) is 30.4 Å². The topological polar surface area (TPSA) is 82.1 Å². The van der Waals surface area contributed by atoms with Gasteiger partial charge in [-0.2, -0.15) is 21.6 Å². The zero-order valence-electron chi connectivity index (χ0n) is 13.9. The Bertz CT molecular complexity index is 833. The molecule has 1 saturated heterocycles. The normalized spacial score (nSPS) is 19.2. The van der Waals surface area contributed by atoms with Crippen molar-refractivity contribution in [3.63, 3.8) is 0 Å². The van der Waals surface area contributed by atoms with Crippen LogP contribution in [0.4, 0.5) is 18.0 Å². The highest BCUT2D eigenvalue weighted by atomic mass is 32.2. The average molecular weight is 407 g/mol. The fraction of sp³-hybridized carbons (Fsp3) is 0.438. The van der Waals surface area contributed by atoms with E-state index in [2.05, 4.69) is 4.18 Å². The van der Waals surface area contributed by atoms with Crippen molar-refractivity contribution >= 4 is 16.2 Å². The number of nitrogens with zero attached hydrogens (tertiary/aromatic N) is 1. The minimum atomic E-state index is -5.76. The van der Waals surface area contributed by atoms with Crippen LogP contribution in [0.5, 0.6) is 0 Å². The summed E-state index contributed by atoms with van der Waals surface area (Å²) in [5.74, 6) is -0.372. The van der Waals surface area contributed by atoms with E-state index in [0.29, 0.717) is 0 Å². The van der Waals surface area contributed by atoms with Gasteiger partial charge in [-0.1, -0.05) is 30.3 Å². The molecule has 3 rings (SSSR count). The molecule has 1 aromatic rings. The van der Waals surface area contributed by atoms with E-state index >= 15 is 0 Å². The molecule has 11 heteroatoms. The van der Waals surface area contributed by atoms with Crippen molar-refractivity contribution < 1.29 is 40.0 Å². The van der Waals surface area contributed by atoms with E-state index in [4.69, 9.17) is 9.47 Å². The number of hydrogen-bond donors (Lipinski definition) is 0. The van der Waals surface area contributed by atoms with Gasteiger partial charge in [0.2, 0.25) is 0 Å². The summed E-state index contributed by atoms with van der Waals surface area (Å²) in [7, 11) is -5.76. The minimum absolute atomic E-state index is 0.0304. The Balaban J connectivity index is 1.69. The van der Waals surface area contributed by atoms with Crippen LogP contribution in [0, 0.1) is 0 Å². The van der Waals surface area contributed by atoms with Gasteiger partial charge in [0.1, 0.15) is 17.9 Å². The Hall–Kier alpha value is -2.27. The van der Waals surface area contributed by atoms with Crippen molar-refractivity contribution in [2.24, 2.45) is 0 Å². The number of benzene rings is 1. The number of halogens is 3. The molecule has 0 bridgehead atoms. The van der Waals surface area contributed by atoms with E-state index in [-0.39, 0.29) is 38.5 Å². The Morgan fingerprint density at radius 2 is 1.89 bits per heavy atom. The quantitative estimate of drug-likeness (QED) is 0.564. The lowest BCUT2D eigenvalue weighted by Crippen LogP contribution is -2.65. The summed E-state index contributed by atoms with van der Waals surface area (Å²) < 4.78 is 74.4. The monoisotopic (exact) mass is 407 g/mol. The zero-order valence-corrected chi connectivity index (χ0v) is 14.8. The second-order valence-corrected chi connectivity index (χ2v) is 7.74. The largest absolute Gasteiger partial charge is 0.534 e. The molecule has 148 valence electrons. The summed E-state index contributed by atoms with van der Waals surface area (Å²) in [6.45, 7) is -0.0390. The van der Waals surface area contributed by atoms with Crippen LogP contribution in [0.25, 0.3) is 0 Å². The molecule has 2 heterocycles. The molecule has 27 heavy (non-hydrogen) atoms. The molecule has 0 radical (unpaired) electrons. The maximum atomic E-state index is 12.5. The standard InChI is InChI=1S/C16H16F3NO6S/c17-16(18,19)27(22,23)26-13-6-7-20(15(8-13)10-24-11-15)14(21)25-9-12-4-2-1-3-5-12/h1-6H,7-11H2. The van der Waals surface area contributed by atoms with Gasteiger partial charge in [-0.25, -0.2) is 4.79 Å². The first-order valence-electron chi connectivity index (χ1n) is 7.89. The van der Waals surface area contributed by atoms with Crippen molar-refractivity contribution in [1.29, 1.82) is 0 Å². The number of hydrogen-bond acceptors (Lipinski definition) is 6. The van der Waals surface area contributed by atoms with Crippen LogP contribution >= 0.6 is 0 Å². The Morgan fingerprint density at radius 1 is 1.22 bits per heavy atom. The second-order valence-electron chi connectivity index (χ2n) is 6.20. The number of carbonyl (C=O) groups is 1. The summed E-state index contributed by atoms with van der Waals surface area (Å²) >= 11 is 0. The molecular formula is C16H16F3NO6S. The van der Waals surface area contributed by atoms with E-state index in [1.54, 1.807) is 24.3 Å². The minimum Gasteiger partial charge on any atom is -0.445 e. The van der Waals surface area contributed by atoms with E-state index < -0.39 is 27.3 Å². The molecule has 7 nitrogen and oxygen atoms in total. The van der Waals surface area contributed by atoms with E-state index in [9.17, 15) is 26.4 Å². The molecule has 0 saturated carbocycles. The summed E-state index contributed by atoms with van der Waals surface area (Å²) in [4.78, 5) is 13.7. The lowest BCUT2D eigenvalue weighted by Gasteiger charge is -2.50. The Labute approximate surface area is 153 Å². The van der Waals surface area contributed by atoms with Crippen molar-refractivity contribution in [3.8, 4) is 0 Å². The van der Waals surface area contributed by atoms with Crippen LogP contribution < -0.4 is 0 Å². The van der Waals surface area contributed by atoms with Crippen molar-refractivity contribution in [3.05, 3.63) is 47.7 Å². The third kappa shape index (κ3) is 4.03. The number of rotatable bonds is 4. The molecule has 0 aliphatic carbocycles. The van der Waals surface area contributed by atoms with Crippen molar-refractivity contribution in [2.45, 2.75) is 24.1 Å². The van der Waals surface area contributed by atoms with Gasteiger partial charge in [0.05, 0.1) is 13.2 Å². The number of carbonyl (C=O) groups excluding carboxylic acids is 1. The Kier molecular flexibility index (Phi) is 5.08. The fourth-order valence-electron chi connectivity index (χ4n) is 2.79. The van der Waals surface area contributed by atoms with Crippen molar-refractivity contribution in [1.82, 2.24) is 4.90 Å². The summed E-state index contributed by atoms with van der Waals surface area (Å²) in [6, 6.07) is 8.95. The second kappa shape index (κ2) is 7.04. The van der Waals surface area contributed by atoms with Gasteiger partial charge in [0.25, 0.3) is 0 Å². The van der Waals surface area contributed by atoms with Gasteiger partial charge >= 0.3 is 21.7 Å². The lowest BCUT2D eigenvalue weighted by molar-refractivity contribution is -0.135.